The van der Waals surface area contributed by atoms with Crippen LogP contribution in [0.5, 0.6) is 0 Å². The summed E-state index contributed by atoms with van der Waals surface area (Å²) >= 11 is 0. The molecule has 0 spiro atoms. The molecular weight excluding hydrogens is 302 g/mol. The number of aromatic carboxylic acids is 1. The fourth-order valence-electron chi connectivity index (χ4n) is 1.62. The van der Waals surface area contributed by atoms with Crippen molar-refractivity contribution in [1.29, 1.82) is 0 Å². The van der Waals surface area contributed by atoms with Crippen LogP contribution in [0.25, 0.3) is 0 Å². The molecule has 0 aliphatic rings. The first-order chi connectivity index (χ1) is 9.70. The Hall–Kier alpha value is -1.97. The predicted octanol–water partition coefficient (Wildman–Crippen LogP) is -0.495. The van der Waals surface area contributed by atoms with Crippen LogP contribution in [0.15, 0.2) is 23.1 Å². The number of aliphatic hydroxyl groups is 1. The Morgan fingerprint density at radius 3 is 2.52 bits per heavy atom. The van der Waals surface area contributed by atoms with Crippen LogP contribution in [0.2, 0.25) is 0 Å². The quantitative estimate of drug-likeness (QED) is 0.603. The molecule has 0 saturated carbocycles. The standard InChI is InChI=1S/C12H15NO7S/c1-7-8(11(15)16)4-3-5-10(7)21(18,19)13-6-9(14)12(17)20-2/h3-5,9,13-14H,6H2,1-2H3,(H,15,16). The Labute approximate surface area is 121 Å². The molecule has 0 radical (unpaired) electrons. The lowest BCUT2D eigenvalue weighted by molar-refractivity contribution is -0.149. The summed E-state index contributed by atoms with van der Waals surface area (Å²) < 4.78 is 30.4. The molecule has 1 atom stereocenters. The summed E-state index contributed by atoms with van der Waals surface area (Å²) in [4.78, 5) is 21.7. The van der Waals surface area contributed by atoms with Crippen LogP contribution in [-0.4, -0.2) is 50.3 Å². The molecule has 1 rings (SSSR count). The number of hydrogen-bond acceptors (Lipinski definition) is 6. The second-order valence-electron chi connectivity index (χ2n) is 4.12. The van der Waals surface area contributed by atoms with Gasteiger partial charge in [-0.2, -0.15) is 0 Å². The summed E-state index contributed by atoms with van der Waals surface area (Å²) in [7, 11) is -3.01. The van der Waals surface area contributed by atoms with Gasteiger partial charge in [0.2, 0.25) is 10.0 Å². The van der Waals surface area contributed by atoms with Crippen LogP contribution in [0, 0.1) is 6.92 Å². The van der Waals surface area contributed by atoms with Gasteiger partial charge in [-0.3, -0.25) is 0 Å². The van der Waals surface area contributed by atoms with Gasteiger partial charge in [-0.25, -0.2) is 22.7 Å². The van der Waals surface area contributed by atoms with E-state index in [1.165, 1.54) is 25.1 Å². The van der Waals surface area contributed by atoms with Gasteiger partial charge in [-0.05, 0) is 24.6 Å². The highest BCUT2D eigenvalue weighted by molar-refractivity contribution is 7.89. The highest BCUT2D eigenvalue weighted by atomic mass is 32.2. The third-order valence-electron chi connectivity index (χ3n) is 2.74. The Bertz CT molecular complexity index is 654. The highest BCUT2D eigenvalue weighted by Gasteiger charge is 2.23. The fraction of sp³-hybridized carbons (Fsp3) is 0.333. The third-order valence-corrected chi connectivity index (χ3v) is 4.31. The van der Waals surface area contributed by atoms with E-state index in [4.69, 9.17) is 5.11 Å². The Morgan fingerprint density at radius 1 is 1.38 bits per heavy atom. The minimum atomic E-state index is -4.06. The molecule has 21 heavy (non-hydrogen) atoms. The number of ether oxygens (including phenoxy) is 1. The van der Waals surface area contributed by atoms with Crippen LogP contribution >= 0.6 is 0 Å². The summed E-state index contributed by atoms with van der Waals surface area (Å²) in [6.07, 6.45) is -1.65. The Kier molecular flexibility index (Phi) is 5.41. The Morgan fingerprint density at radius 2 is 2.00 bits per heavy atom. The van der Waals surface area contributed by atoms with Crippen molar-refractivity contribution in [3.8, 4) is 0 Å². The van der Waals surface area contributed by atoms with Crippen LogP contribution in [0.3, 0.4) is 0 Å². The number of methoxy groups -OCH3 is 1. The summed E-state index contributed by atoms with van der Waals surface area (Å²) in [6, 6.07) is 3.80. The number of carbonyl (C=O) groups excluding carboxylic acids is 1. The number of hydrogen-bond donors (Lipinski definition) is 3. The van der Waals surface area contributed by atoms with E-state index in [9.17, 15) is 23.1 Å². The van der Waals surface area contributed by atoms with Gasteiger partial charge in [0.05, 0.1) is 17.6 Å². The zero-order valence-corrected chi connectivity index (χ0v) is 12.2. The molecule has 1 unspecified atom stereocenters. The first-order valence-corrected chi connectivity index (χ1v) is 7.27. The second kappa shape index (κ2) is 6.66. The van der Waals surface area contributed by atoms with E-state index in [1.54, 1.807) is 0 Å². The van der Waals surface area contributed by atoms with Crippen molar-refractivity contribution in [1.82, 2.24) is 4.72 Å². The van der Waals surface area contributed by atoms with Gasteiger partial charge < -0.3 is 14.9 Å². The molecule has 0 heterocycles. The third kappa shape index (κ3) is 4.00. The molecule has 3 N–H and O–H groups in total. The second-order valence-corrected chi connectivity index (χ2v) is 5.86. The Balaban J connectivity index is 3.02. The van der Waals surface area contributed by atoms with Crippen molar-refractivity contribution in [2.75, 3.05) is 13.7 Å². The number of aliphatic hydroxyl groups excluding tert-OH is 1. The molecule has 0 aromatic heterocycles. The van der Waals surface area contributed by atoms with E-state index in [-0.39, 0.29) is 16.0 Å². The fourth-order valence-corrected chi connectivity index (χ4v) is 2.93. The lowest BCUT2D eigenvalue weighted by Gasteiger charge is -2.13. The van der Waals surface area contributed by atoms with Crippen LogP contribution in [-0.2, 0) is 19.6 Å². The van der Waals surface area contributed by atoms with Gasteiger partial charge in [-0.15, -0.1) is 0 Å². The zero-order valence-electron chi connectivity index (χ0n) is 11.4. The number of esters is 1. The lowest BCUT2D eigenvalue weighted by atomic mass is 10.1. The number of benzene rings is 1. The normalized spacial score (nSPS) is 12.7. The maximum atomic E-state index is 12.1. The van der Waals surface area contributed by atoms with Gasteiger partial charge >= 0.3 is 11.9 Å². The molecule has 0 aliphatic carbocycles. The maximum Gasteiger partial charge on any atom is 0.336 e. The van der Waals surface area contributed by atoms with E-state index in [0.717, 1.165) is 7.11 Å². The van der Waals surface area contributed by atoms with E-state index in [1.807, 2.05) is 4.72 Å². The topological polar surface area (TPSA) is 130 Å². The zero-order chi connectivity index (χ0) is 16.2. The minimum absolute atomic E-state index is 0.0602. The van der Waals surface area contributed by atoms with Crippen molar-refractivity contribution in [3.05, 3.63) is 29.3 Å². The SMILES string of the molecule is COC(=O)C(O)CNS(=O)(=O)c1cccc(C(=O)O)c1C. The molecule has 0 aliphatic heterocycles. The van der Waals surface area contributed by atoms with E-state index < -0.39 is 34.6 Å². The maximum absolute atomic E-state index is 12.1. The van der Waals surface area contributed by atoms with Crippen molar-refractivity contribution >= 4 is 22.0 Å². The molecular formula is C12H15NO7S. The lowest BCUT2D eigenvalue weighted by Crippen LogP contribution is -2.37. The number of carbonyl (C=O) groups is 2. The molecule has 0 saturated heterocycles. The molecule has 9 heteroatoms. The number of nitrogens with one attached hydrogen (secondary N) is 1. The van der Waals surface area contributed by atoms with Crippen molar-refractivity contribution < 1.29 is 33.0 Å². The monoisotopic (exact) mass is 317 g/mol. The molecule has 1 aromatic rings. The number of rotatable bonds is 6. The first kappa shape index (κ1) is 17.1. The molecule has 116 valence electrons. The summed E-state index contributed by atoms with van der Waals surface area (Å²) in [5.41, 5.74) is -0.0866. The van der Waals surface area contributed by atoms with Crippen molar-refractivity contribution in [2.24, 2.45) is 0 Å². The number of sulfonamides is 1. The molecule has 0 amide bonds. The van der Waals surface area contributed by atoms with Crippen molar-refractivity contribution in [2.45, 2.75) is 17.9 Å². The van der Waals surface area contributed by atoms with Crippen LogP contribution < -0.4 is 4.72 Å². The first-order valence-electron chi connectivity index (χ1n) is 5.79. The molecule has 1 aromatic carbocycles. The van der Waals surface area contributed by atoms with Gasteiger partial charge in [0, 0.05) is 6.54 Å². The number of carboxylic acids is 1. The number of carboxylic acid groups (broad SMARTS) is 1. The van der Waals surface area contributed by atoms with Gasteiger partial charge in [0.1, 0.15) is 0 Å². The highest BCUT2D eigenvalue weighted by Crippen LogP contribution is 2.18. The largest absolute Gasteiger partial charge is 0.478 e. The summed E-state index contributed by atoms with van der Waals surface area (Å²) in [5, 5.41) is 18.3. The van der Waals surface area contributed by atoms with E-state index >= 15 is 0 Å². The van der Waals surface area contributed by atoms with E-state index in [2.05, 4.69) is 4.74 Å². The minimum Gasteiger partial charge on any atom is -0.478 e. The molecule has 8 nitrogen and oxygen atoms in total. The van der Waals surface area contributed by atoms with Crippen LogP contribution in [0.4, 0.5) is 0 Å². The van der Waals surface area contributed by atoms with E-state index in [0.29, 0.717) is 0 Å². The molecule has 0 bridgehead atoms. The van der Waals surface area contributed by atoms with Crippen molar-refractivity contribution in [3.63, 3.8) is 0 Å². The predicted molar refractivity (Wildman–Crippen MR) is 71.3 cm³/mol. The van der Waals surface area contributed by atoms with Gasteiger partial charge in [0.15, 0.2) is 6.10 Å². The van der Waals surface area contributed by atoms with Crippen LogP contribution in [0.1, 0.15) is 15.9 Å². The average molecular weight is 317 g/mol. The summed E-state index contributed by atoms with van der Waals surface area (Å²) in [6.45, 7) is 0.778. The smallest absolute Gasteiger partial charge is 0.336 e. The van der Waals surface area contributed by atoms with Gasteiger partial charge in [-0.1, -0.05) is 6.07 Å². The summed E-state index contributed by atoms with van der Waals surface area (Å²) in [5.74, 6) is -2.23. The van der Waals surface area contributed by atoms with Gasteiger partial charge in [0.25, 0.3) is 0 Å². The average Bonchev–Trinajstić information content (AvgIpc) is 2.43. The molecule has 0 fully saturated rings.